The first-order valence-electron chi connectivity index (χ1n) is 8.73. The predicted molar refractivity (Wildman–Crippen MR) is 98.0 cm³/mol. The van der Waals surface area contributed by atoms with Crippen molar-refractivity contribution in [2.24, 2.45) is 4.99 Å². The molecule has 3 nitrogen and oxygen atoms in total. The molecule has 2 rings (SSSR count). The molecule has 0 spiro atoms. The molecule has 1 unspecified atom stereocenters. The Kier molecular flexibility index (Phi) is 6.04. The van der Waals surface area contributed by atoms with Crippen molar-refractivity contribution >= 4 is 13.3 Å². The minimum atomic E-state index is -0.259. The Hall–Kier alpha value is -1.13. The molecular formula is C19H30BNO2. The summed E-state index contributed by atoms with van der Waals surface area (Å²) < 4.78 is 12.4. The molecule has 0 N–H and O–H groups in total. The van der Waals surface area contributed by atoms with Gasteiger partial charge in [-0.3, -0.25) is 4.99 Å². The largest absolute Gasteiger partial charge is 0.461 e. The molecular weight excluding hydrogens is 285 g/mol. The van der Waals surface area contributed by atoms with Crippen molar-refractivity contribution in [3.63, 3.8) is 0 Å². The van der Waals surface area contributed by atoms with E-state index in [2.05, 4.69) is 63.9 Å². The molecule has 0 amide bonds. The Morgan fingerprint density at radius 3 is 2.26 bits per heavy atom. The summed E-state index contributed by atoms with van der Waals surface area (Å²) in [4.78, 5) is 4.57. The number of hydrogen-bond donors (Lipinski definition) is 0. The van der Waals surface area contributed by atoms with Gasteiger partial charge in [-0.25, -0.2) is 0 Å². The van der Waals surface area contributed by atoms with Gasteiger partial charge in [-0.15, -0.1) is 0 Å². The van der Waals surface area contributed by atoms with Crippen LogP contribution >= 0.6 is 0 Å². The highest BCUT2D eigenvalue weighted by atomic mass is 16.7. The molecule has 1 heterocycles. The summed E-state index contributed by atoms with van der Waals surface area (Å²) in [5, 5.41) is 0. The second-order valence-corrected chi connectivity index (χ2v) is 7.42. The fourth-order valence-electron chi connectivity index (χ4n) is 2.78. The van der Waals surface area contributed by atoms with E-state index < -0.39 is 0 Å². The van der Waals surface area contributed by atoms with Crippen LogP contribution in [0.2, 0.25) is 5.82 Å². The number of aliphatic imine (C=N–C) groups is 1. The zero-order chi connectivity index (χ0) is 16.9. The first kappa shape index (κ1) is 18.2. The topological polar surface area (TPSA) is 30.8 Å². The highest BCUT2D eigenvalue weighted by molar-refractivity contribution is 6.47. The molecule has 0 saturated carbocycles. The van der Waals surface area contributed by atoms with E-state index in [1.807, 2.05) is 12.3 Å². The van der Waals surface area contributed by atoms with Crippen molar-refractivity contribution in [2.75, 3.05) is 0 Å². The average Bonchev–Trinajstić information content (AvgIpc) is 2.72. The van der Waals surface area contributed by atoms with E-state index in [-0.39, 0.29) is 18.3 Å². The van der Waals surface area contributed by atoms with Gasteiger partial charge in [-0.2, -0.15) is 0 Å². The van der Waals surface area contributed by atoms with E-state index >= 15 is 0 Å². The van der Waals surface area contributed by atoms with Gasteiger partial charge >= 0.3 is 7.12 Å². The fourth-order valence-corrected chi connectivity index (χ4v) is 2.78. The maximum atomic E-state index is 6.21. The molecule has 23 heavy (non-hydrogen) atoms. The first-order chi connectivity index (χ1) is 10.9. The molecule has 0 radical (unpaired) electrons. The smallest absolute Gasteiger partial charge is 0.403 e. The Labute approximate surface area is 141 Å². The fraction of sp³-hybridized carbons (Fsp3) is 0.632. The van der Waals surface area contributed by atoms with Gasteiger partial charge in [0.1, 0.15) is 0 Å². The Balaban J connectivity index is 1.92. The second kappa shape index (κ2) is 7.63. The van der Waals surface area contributed by atoms with E-state index in [0.717, 1.165) is 25.8 Å². The van der Waals surface area contributed by atoms with Crippen molar-refractivity contribution < 1.29 is 9.31 Å². The van der Waals surface area contributed by atoms with Crippen molar-refractivity contribution in [1.82, 2.24) is 0 Å². The van der Waals surface area contributed by atoms with Crippen LogP contribution in [0.1, 0.15) is 59.4 Å². The van der Waals surface area contributed by atoms with Gasteiger partial charge < -0.3 is 9.31 Å². The van der Waals surface area contributed by atoms with E-state index in [4.69, 9.17) is 9.31 Å². The lowest BCUT2D eigenvalue weighted by atomic mass is 9.68. The lowest BCUT2D eigenvalue weighted by molar-refractivity contribution is 0.00578. The SMILES string of the molecule is CCCC(CC=NCc1ccccc1)B1OC(C)(C)C(C)(C)O1. The van der Waals surface area contributed by atoms with Crippen molar-refractivity contribution in [2.45, 2.75) is 77.4 Å². The Bertz CT molecular complexity index is 497. The molecule has 0 bridgehead atoms. The van der Waals surface area contributed by atoms with E-state index in [9.17, 15) is 0 Å². The molecule has 1 aliphatic rings. The molecule has 126 valence electrons. The number of rotatable bonds is 7. The molecule has 4 heteroatoms. The van der Waals surface area contributed by atoms with E-state index in [1.165, 1.54) is 5.56 Å². The molecule has 1 aromatic carbocycles. The Morgan fingerprint density at radius 1 is 1.09 bits per heavy atom. The molecule has 1 saturated heterocycles. The van der Waals surface area contributed by atoms with Crippen LogP contribution in [0.4, 0.5) is 0 Å². The van der Waals surface area contributed by atoms with E-state index in [1.54, 1.807) is 0 Å². The summed E-state index contributed by atoms with van der Waals surface area (Å²) in [5.41, 5.74) is 0.724. The van der Waals surface area contributed by atoms with Crippen LogP contribution in [0.3, 0.4) is 0 Å². The van der Waals surface area contributed by atoms with Crippen LogP contribution in [0.15, 0.2) is 35.3 Å². The first-order valence-corrected chi connectivity index (χ1v) is 8.73. The highest BCUT2D eigenvalue weighted by Gasteiger charge is 2.53. The monoisotopic (exact) mass is 315 g/mol. The molecule has 1 atom stereocenters. The van der Waals surface area contributed by atoms with Crippen LogP contribution in [-0.2, 0) is 15.9 Å². The normalized spacial score (nSPS) is 21.0. The second-order valence-electron chi connectivity index (χ2n) is 7.42. The van der Waals surface area contributed by atoms with Crippen molar-refractivity contribution in [3.05, 3.63) is 35.9 Å². The number of hydrogen-bond acceptors (Lipinski definition) is 3. The average molecular weight is 315 g/mol. The molecule has 1 aliphatic heterocycles. The van der Waals surface area contributed by atoms with Crippen LogP contribution in [0, 0.1) is 0 Å². The summed E-state index contributed by atoms with van der Waals surface area (Å²) in [6.45, 7) is 11.4. The highest BCUT2D eigenvalue weighted by Crippen LogP contribution is 2.41. The Morgan fingerprint density at radius 2 is 1.70 bits per heavy atom. The zero-order valence-corrected chi connectivity index (χ0v) is 15.2. The summed E-state index contributed by atoms with van der Waals surface area (Å²) in [6.07, 6.45) is 5.16. The van der Waals surface area contributed by atoms with Gasteiger partial charge in [0.2, 0.25) is 0 Å². The van der Waals surface area contributed by atoms with Crippen LogP contribution < -0.4 is 0 Å². The van der Waals surface area contributed by atoms with Gasteiger partial charge in [0.15, 0.2) is 0 Å². The molecule has 0 aromatic heterocycles. The van der Waals surface area contributed by atoms with Gasteiger partial charge in [-0.1, -0.05) is 50.1 Å². The van der Waals surface area contributed by atoms with Crippen LogP contribution in [0.5, 0.6) is 0 Å². The summed E-state index contributed by atoms with van der Waals surface area (Å²) >= 11 is 0. The third kappa shape index (κ3) is 4.68. The van der Waals surface area contributed by atoms with Gasteiger partial charge in [0.05, 0.1) is 17.7 Å². The maximum Gasteiger partial charge on any atom is 0.461 e. The minimum Gasteiger partial charge on any atom is -0.403 e. The molecule has 1 aromatic rings. The third-order valence-electron chi connectivity index (χ3n) is 4.97. The standard InChI is InChI=1S/C19H30BNO2/c1-6-10-17(20-22-18(2,3)19(4,5)23-20)13-14-21-15-16-11-8-7-9-12-16/h7-9,11-12,14,17H,6,10,13,15H2,1-5H3. The number of nitrogens with zero attached hydrogens (tertiary/aromatic N) is 1. The lowest BCUT2D eigenvalue weighted by Crippen LogP contribution is -2.41. The minimum absolute atomic E-state index is 0.136. The number of benzene rings is 1. The zero-order valence-electron chi connectivity index (χ0n) is 15.2. The van der Waals surface area contributed by atoms with Gasteiger partial charge in [-0.05, 0) is 51.7 Å². The summed E-state index contributed by atoms with van der Waals surface area (Å²) in [5.74, 6) is 0.362. The summed E-state index contributed by atoms with van der Waals surface area (Å²) in [7, 11) is -0.136. The molecule has 1 fully saturated rings. The van der Waals surface area contributed by atoms with Crippen LogP contribution in [0.25, 0.3) is 0 Å². The van der Waals surface area contributed by atoms with Crippen LogP contribution in [-0.4, -0.2) is 24.5 Å². The van der Waals surface area contributed by atoms with Crippen molar-refractivity contribution in [3.8, 4) is 0 Å². The van der Waals surface area contributed by atoms with Gasteiger partial charge in [0.25, 0.3) is 0 Å². The third-order valence-corrected chi connectivity index (χ3v) is 4.97. The summed E-state index contributed by atoms with van der Waals surface area (Å²) in [6, 6.07) is 10.3. The maximum absolute atomic E-state index is 6.21. The molecule has 0 aliphatic carbocycles. The van der Waals surface area contributed by atoms with Crippen molar-refractivity contribution in [1.29, 1.82) is 0 Å². The van der Waals surface area contributed by atoms with E-state index in [0.29, 0.717) is 5.82 Å². The quantitative estimate of drug-likeness (QED) is 0.529. The van der Waals surface area contributed by atoms with Gasteiger partial charge in [0, 0.05) is 0 Å². The lowest BCUT2D eigenvalue weighted by Gasteiger charge is -2.32. The predicted octanol–water partition coefficient (Wildman–Crippen LogP) is 4.91.